The molecule has 0 heterocycles. The molecule has 0 saturated heterocycles. The van der Waals surface area contributed by atoms with E-state index in [1.807, 2.05) is 19.1 Å². The molecule has 0 radical (unpaired) electrons. The van der Waals surface area contributed by atoms with Crippen molar-refractivity contribution in [3.8, 4) is 11.8 Å². The molecule has 0 spiro atoms. The topological polar surface area (TPSA) is 84.2 Å². The molecule has 21 heavy (non-hydrogen) atoms. The molecule has 5 heteroatoms. The zero-order valence-electron chi connectivity index (χ0n) is 12.0. The molecule has 1 aliphatic carbocycles. The number of carbonyl (C=O) groups is 2. The third-order valence-electron chi connectivity index (χ3n) is 3.17. The summed E-state index contributed by atoms with van der Waals surface area (Å²) >= 11 is 0. The summed E-state index contributed by atoms with van der Waals surface area (Å²) in [7, 11) is 0. The van der Waals surface area contributed by atoms with Gasteiger partial charge in [0, 0.05) is 17.2 Å². The Balaban J connectivity index is 1.98. The van der Waals surface area contributed by atoms with Gasteiger partial charge >= 0.3 is 0 Å². The molecule has 0 unspecified atom stereocenters. The first-order chi connectivity index (χ1) is 10.1. The fourth-order valence-electron chi connectivity index (χ4n) is 1.86. The molecule has 1 aliphatic rings. The van der Waals surface area contributed by atoms with E-state index in [9.17, 15) is 9.59 Å². The van der Waals surface area contributed by atoms with Gasteiger partial charge in [-0.3, -0.25) is 9.59 Å². The number of rotatable bonds is 4. The number of nitrogens with one attached hydrogen (secondary N) is 2. The van der Waals surface area contributed by atoms with Gasteiger partial charge in [0.25, 0.3) is 5.91 Å². The molecule has 110 valence electrons. The van der Waals surface area contributed by atoms with Crippen LogP contribution in [0, 0.1) is 18.8 Å². The van der Waals surface area contributed by atoms with Gasteiger partial charge in [-0.05, 0) is 37.5 Å². The van der Waals surface area contributed by atoms with Crippen LogP contribution in [-0.2, 0) is 4.79 Å². The molecule has 1 fully saturated rings. The molecule has 0 aliphatic heterocycles. The minimum atomic E-state index is -0.269. The number of benzene rings is 1. The van der Waals surface area contributed by atoms with Gasteiger partial charge in [0.05, 0.1) is 13.1 Å². The second-order valence-corrected chi connectivity index (χ2v) is 5.06. The Morgan fingerprint density at radius 3 is 2.81 bits per heavy atom. The second-order valence-electron chi connectivity index (χ2n) is 5.06. The Labute approximate surface area is 124 Å². The van der Waals surface area contributed by atoms with Crippen LogP contribution in [0.15, 0.2) is 18.2 Å². The maximum atomic E-state index is 12.1. The van der Waals surface area contributed by atoms with Crippen LogP contribution < -0.4 is 16.4 Å². The molecule has 4 N–H and O–H groups in total. The van der Waals surface area contributed by atoms with Crippen LogP contribution in [0.4, 0.5) is 0 Å². The van der Waals surface area contributed by atoms with Gasteiger partial charge in [-0.1, -0.05) is 17.9 Å². The minimum Gasteiger partial charge on any atom is -0.352 e. The predicted octanol–water partition coefficient (Wildman–Crippen LogP) is 0.314. The number of amides is 2. The van der Waals surface area contributed by atoms with Gasteiger partial charge in [0.15, 0.2) is 0 Å². The smallest absolute Gasteiger partial charge is 0.252 e. The van der Waals surface area contributed by atoms with E-state index in [-0.39, 0.29) is 24.9 Å². The standard InChI is InChI=1S/C16H19N3O2/c1-11-4-5-12(3-2-8-17)9-14(11)16(21)18-10-15(20)19-13-6-7-13/h4-5,9,13H,6-8,10,17H2,1H3,(H,18,21)(H,19,20). The zero-order valence-corrected chi connectivity index (χ0v) is 12.0. The van der Waals surface area contributed by atoms with Crippen molar-refractivity contribution in [1.82, 2.24) is 10.6 Å². The summed E-state index contributed by atoms with van der Waals surface area (Å²) in [6, 6.07) is 5.69. The lowest BCUT2D eigenvalue weighted by Crippen LogP contribution is -2.38. The van der Waals surface area contributed by atoms with Gasteiger partial charge < -0.3 is 16.4 Å². The van der Waals surface area contributed by atoms with E-state index in [1.165, 1.54) is 0 Å². The fraction of sp³-hybridized carbons (Fsp3) is 0.375. The Bertz CT molecular complexity index is 610. The van der Waals surface area contributed by atoms with Gasteiger partial charge in [0.2, 0.25) is 5.91 Å². The van der Waals surface area contributed by atoms with Crippen molar-refractivity contribution in [2.24, 2.45) is 5.73 Å². The maximum absolute atomic E-state index is 12.1. The lowest BCUT2D eigenvalue weighted by Gasteiger charge is -2.08. The Morgan fingerprint density at radius 1 is 1.38 bits per heavy atom. The molecule has 1 aromatic carbocycles. The second kappa shape index (κ2) is 6.91. The predicted molar refractivity (Wildman–Crippen MR) is 80.6 cm³/mol. The van der Waals surface area contributed by atoms with Crippen LogP contribution in [0.3, 0.4) is 0 Å². The third kappa shape index (κ3) is 4.62. The number of aryl methyl sites for hydroxylation is 1. The summed E-state index contributed by atoms with van der Waals surface area (Å²) in [4.78, 5) is 23.7. The molecule has 0 atom stereocenters. The largest absolute Gasteiger partial charge is 0.352 e. The van der Waals surface area contributed by atoms with E-state index >= 15 is 0 Å². The molecular weight excluding hydrogens is 266 g/mol. The molecule has 1 saturated carbocycles. The van der Waals surface area contributed by atoms with E-state index in [0.717, 1.165) is 24.0 Å². The first-order valence-corrected chi connectivity index (χ1v) is 6.97. The third-order valence-corrected chi connectivity index (χ3v) is 3.17. The molecular formula is C16H19N3O2. The Morgan fingerprint density at radius 2 is 2.14 bits per heavy atom. The molecule has 5 nitrogen and oxygen atoms in total. The van der Waals surface area contributed by atoms with Crippen molar-refractivity contribution in [2.75, 3.05) is 13.1 Å². The van der Waals surface area contributed by atoms with Gasteiger partial charge in [-0.15, -0.1) is 0 Å². The average Bonchev–Trinajstić information content (AvgIpc) is 3.27. The minimum absolute atomic E-state index is 0.00647. The molecule has 0 bridgehead atoms. The SMILES string of the molecule is Cc1ccc(C#CCN)cc1C(=O)NCC(=O)NC1CC1. The Kier molecular flexibility index (Phi) is 4.96. The van der Waals surface area contributed by atoms with Gasteiger partial charge in [-0.25, -0.2) is 0 Å². The number of carbonyl (C=O) groups excluding carboxylic acids is 2. The summed E-state index contributed by atoms with van der Waals surface area (Å²) in [5, 5.41) is 5.46. The molecule has 0 aromatic heterocycles. The summed E-state index contributed by atoms with van der Waals surface area (Å²) in [6.07, 6.45) is 2.06. The van der Waals surface area contributed by atoms with Crippen LogP contribution in [0.5, 0.6) is 0 Å². The van der Waals surface area contributed by atoms with Crippen molar-refractivity contribution in [3.05, 3.63) is 34.9 Å². The quantitative estimate of drug-likeness (QED) is 0.696. The molecule has 2 amide bonds. The summed E-state index contributed by atoms with van der Waals surface area (Å²) < 4.78 is 0. The van der Waals surface area contributed by atoms with Crippen molar-refractivity contribution >= 4 is 11.8 Å². The van der Waals surface area contributed by atoms with Gasteiger partial charge in [0.1, 0.15) is 0 Å². The van der Waals surface area contributed by atoms with Crippen molar-refractivity contribution < 1.29 is 9.59 Å². The van der Waals surface area contributed by atoms with E-state index in [2.05, 4.69) is 22.5 Å². The van der Waals surface area contributed by atoms with Crippen LogP contribution in [-0.4, -0.2) is 30.9 Å². The van der Waals surface area contributed by atoms with Crippen LogP contribution in [0.2, 0.25) is 0 Å². The van der Waals surface area contributed by atoms with Crippen molar-refractivity contribution in [2.45, 2.75) is 25.8 Å². The first-order valence-electron chi connectivity index (χ1n) is 6.97. The summed E-state index contributed by atoms with van der Waals surface area (Å²) in [6.45, 7) is 2.11. The van der Waals surface area contributed by atoms with Crippen LogP contribution >= 0.6 is 0 Å². The molecule has 1 aromatic rings. The number of hydrogen-bond donors (Lipinski definition) is 3. The van der Waals surface area contributed by atoms with Crippen molar-refractivity contribution in [1.29, 1.82) is 0 Å². The first kappa shape index (κ1) is 15.1. The van der Waals surface area contributed by atoms with Crippen LogP contribution in [0.25, 0.3) is 0 Å². The maximum Gasteiger partial charge on any atom is 0.252 e. The van der Waals surface area contributed by atoms with E-state index < -0.39 is 0 Å². The average molecular weight is 285 g/mol. The van der Waals surface area contributed by atoms with Gasteiger partial charge in [-0.2, -0.15) is 0 Å². The number of hydrogen-bond acceptors (Lipinski definition) is 3. The highest BCUT2D eigenvalue weighted by molar-refractivity contribution is 5.98. The highest BCUT2D eigenvalue weighted by Crippen LogP contribution is 2.18. The summed E-state index contributed by atoms with van der Waals surface area (Å²) in [5.41, 5.74) is 7.43. The summed E-state index contributed by atoms with van der Waals surface area (Å²) in [5.74, 6) is 5.22. The molecule has 2 rings (SSSR count). The number of nitrogens with two attached hydrogens (primary N) is 1. The lowest BCUT2D eigenvalue weighted by molar-refractivity contribution is -0.120. The zero-order chi connectivity index (χ0) is 15.2. The highest BCUT2D eigenvalue weighted by atomic mass is 16.2. The monoisotopic (exact) mass is 285 g/mol. The van der Waals surface area contributed by atoms with E-state index in [1.54, 1.807) is 6.07 Å². The normalized spacial score (nSPS) is 13.0. The highest BCUT2D eigenvalue weighted by Gasteiger charge is 2.23. The van der Waals surface area contributed by atoms with E-state index in [4.69, 9.17) is 5.73 Å². The van der Waals surface area contributed by atoms with E-state index in [0.29, 0.717) is 11.6 Å². The Hall–Kier alpha value is -2.32. The van der Waals surface area contributed by atoms with Crippen molar-refractivity contribution in [3.63, 3.8) is 0 Å². The lowest BCUT2D eigenvalue weighted by atomic mass is 10.0. The fourth-order valence-corrected chi connectivity index (χ4v) is 1.86. The van der Waals surface area contributed by atoms with Crippen LogP contribution in [0.1, 0.15) is 34.3 Å².